The lowest BCUT2D eigenvalue weighted by atomic mass is 9.98. The minimum atomic E-state index is -1.29. The van der Waals surface area contributed by atoms with Crippen molar-refractivity contribution in [2.45, 2.75) is 102 Å². The molecule has 1 fully saturated rings. The summed E-state index contributed by atoms with van der Waals surface area (Å²) in [7, 11) is 0. The highest BCUT2D eigenvalue weighted by Crippen LogP contribution is 2.44. The van der Waals surface area contributed by atoms with Crippen LogP contribution in [0.2, 0.25) is 0 Å². The summed E-state index contributed by atoms with van der Waals surface area (Å²) in [6, 6.07) is 15.9. The van der Waals surface area contributed by atoms with Gasteiger partial charge in [0.25, 0.3) is 0 Å². The largest absolute Gasteiger partial charge is 0.481 e. The number of benzene rings is 2. The lowest BCUT2D eigenvalue weighted by Gasteiger charge is -2.44. The molecule has 2 aromatic carbocycles. The second kappa shape index (κ2) is 23.3. The SMILES string of the molecule is CC(=O)OC[C@H]1O[C@@H](SCCCCC(=O)N(CCNC(=O)CCC(=O)O)CCC(=O)OCC2c3ccccc3-c3ccccc32)[C@H](OC(C)=O)[C@@H](OC(C)=O)[C@@H]1OC(C)=O. The quantitative estimate of drug-likeness (QED) is 0.0981. The van der Waals surface area contributed by atoms with Gasteiger partial charge in [0.2, 0.25) is 11.8 Å². The molecule has 1 aliphatic carbocycles. The van der Waals surface area contributed by atoms with E-state index in [4.69, 9.17) is 33.5 Å². The maximum atomic E-state index is 13.5. The van der Waals surface area contributed by atoms with E-state index in [1.54, 1.807) is 0 Å². The van der Waals surface area contributed by atoms with Crippen LogP contribution in [-0.2, 0) is 66.8 Å². The monoisotopic (exact) mass is 856 g/mol. The van der Waals surface area contributed by atoms with Crippen LogP contribution in [0.15, 0.2) is 48.5 Å². The summed E-state index contributed by atoms with van der Waals surface area (Å²) in [5.41, 5.74) is 3.35. The topological polar surface area (TPSA) is 227 Å². The molecule has 2 aliphatic rings. The number of hydrogen-bond donors (Lipinski definition) is 2. The van der Waals surface area contributed by atoms with Gasteiger partial charge in [-0.3, -0.25) is 38.4 Å². The van der Waals surface area contributed by atoms with Gasteiger partial charge in [0.05, 0.1) is 12.8 Å². The van der Waals surface area contributed by atoms with Crippen LogP contribution < -0.4 is 5.32 Å². The smallest absolute Gasteiger partial charge is 0.307 e. The molecular weight excluding hydrogens is 805 g/mol. The summed E-state index contributed by atoms with van der Waals surface area (Å²) < 4.78 is 33.4. The van der Waals surface area contributed by atoms with Crippen molar-refractivity contribution in [3.05, 3.63) is 59.7 Å². The number of hydrogen-bond acceptors (Lipinski definition) is 15. The highest BCUT2D eigenvalue weighted by atomic mass is 32.2. The van der Waals surface area contributed by atoms with Gasteiger partial charge in [-0.05, 0) is 40.8 Å². The first kappa shape index (κ1) is 47.2. The number of nitrogens with zero attached hydrogens (tertiary/aromatic N) is 1. The second-order valence-corrected chi connectivity index (χ2v) is 15.4. The number of carbonyl (C=O) groups is 8. The number of esters is 5. The van der Waals surface area contributed by atoms with Gasteiger partial charge in [-0.25, -0.2) is 0 Å². The number of nitrogens with one attached hydrogen (secondary N) is 1. The van der Waals surface area contributed by atoms with Gasteiger partial charge < -0.3 is 43.7 Å². The molecule has 4 rings (SSSR count). The summed E-state index contributed by atoms with van der Waals surface area (Å²) in [5, 5.41) is 11.5. The number of carboxylic acid groups (broad SMARTS) is 1. The van der Waals surface area contributed by atoms with Crippen molar-refractivity contribution < 1.29 is 71.9 Å². The summed E-state index contributed by atoms with van der Waals surface area (Å²) in [5.74, 6) is -4.99. The number of thioether (sulfide) groups is 1. The van der Waals surface area contributed by atoms with Crippen molar-refractivity contribution >= 4 is 59.4 Å². The first-order valence-electron chi connectivity index (χ1n) is 19.7. The van der Waals surface area contributed by atoms with Crippen molar-refractivity contribution in [3.8, 4) is 11.1 Å². The molecule has 0 spiro atoms. The molecule has 0 saturated carbocycles. The fourth-order valence-electron chi connectivity index (χ4n) is 6.97. The molecule has 18 heteroatoms. The zero-order chi connectivity index (χ0) is 43.8. The number of rotatable bonds is 22. The van der Waals surface area contributed by atoms with E-state index in [0.717, 1.165) is 43.0 Å². The van der Waals surface area contributed by atoms with Crippen LogP contribution in [0.4, 0.5) is 0 Å². The molecule has 0 radical (unpaired) electrons. The molecule has 2 amide bonds. The minimum Gasteiger partial charge on any atom is -0.481 e. The molecule has 17 nitrogen and oxygen atoms in total. The van der Waals surface area contributed by atoms with E-state index in [-0.39, 0.29) is 70.4 Å². The van der Waals surface area contributed by atoms with Crippen LogP contribution in [0.3, 0.4) is 0 Å². The summed E-state index contributed by atoms with van der Waals surface area (Å²) >= 11 is 1.20. The Balaban J connectivity index is 1.35. The third-order valence-electron chi connectivity index (χ3n) is 9.60. The predicted octanol–water partition coefficient (Wildman–Crippen LogP) is 3.53. The summed E-state index contributed by atoms with van der Waals surface area (Å²) in [6.45, 7) is 4.50. The molecule has 1 saturated heterocycles. The molecule has 326 valence electrons. The van der Waals surface area contributed by atoms with Crippen LogP contribution >= 0.6 is 11.8 Å². The number of carboxylic acids is 1. The number of unbranched alkanes of at least 4 members (excludes halogenated alkanes) is 1. The highest BCUT2D eigenvalue weighted by Gasteiger charge is 2.52. The van der Waals surface area contributed by atoms with E-state index in [1.807, 2.05) is 48.5 Å². The van der Waals surface area contributed by atoms with E-state index >= 15 is 0 Å². The first-order valence-corrected chi connectivity index (χ1v) is 20.7. The Morgan fingerprint density at radius 1 is 0.683 bits per heavy atom. The van der Waals surface area contributed by atoms with E-state index in [9.17, 15) is 38.4 Å². The van der Waals surface area contributed by atoms with Crippen molar-refractivity contribution in [2.75, 3.05) is 38.6 Å². The highest BCUT2D eigenvalue weighted by molar-refractivity contribution is 7.99. The average molecular weight is 857 g/mol. The third kappa shape index (κ3) is 14.4. The Hall–Kier alpha value is -5.49. The summed E-state index contributed by atoms with van der Waals surface area (Å²) in [6.07, 6.45) is -4.63. The molecule has 2 aromatic rings. The fourth-order valence-corrected chi connectivity index (χ4v) is 8.20. The van der Waals surface area contributed by atoms with Crippen molar-refractivity contribution in [1.82, 2.24) is 10.2 Å². The molecular formula is C42H52N2O15S. The van der Waals surface area contributed by atoms with Crippen molar-refractivity contribution in [3.63, 3.8) is 0 Å². The number of carbonyl (C=O) groups excluding carboxylic acids is 7. The van der Waals surface area contributed by atoms with Gasteiger partial charge in [-0.15, -0.1) is 11.8 Å². The van der Waals surface area contributed by atoms with Crippen LogP contribution in [0.25, 0.3) is 11.1 Å². The number of aliphatic carboxylic acids is 1. The predicted molar refractivity (Wildman–Crippen MR) is 214 cm³/mol. The number of fused-ring (bicyclic) bond motifs is 3. The van der Waals surface area contributed by atoms with Crippen LogP contribution in [0.1, 0.15) is 83.3 Å². The van der Waals surface area contributed by atoms with Crippen LogP contribution in [0.5, 0.6) is 0 Å². The Morgan fingerprint density at radius 2 is 1.28 bits per heavy atom. The molecule has 1 aliphatic heterocycles. The molecule has 2 N–H and O–H groups in total. The second-order valence-electron chi connectivity index (χ2n) is 14.2. The Labute approximate surface area is 352 Å². The number of amides is 2. The standard InChI is InChI=1S/C42H52N2O15S/c1-25(45)54-24-34-39(56-26(2)46)40(57-27(3)47)41(58-28(4)48)42(59-34)60-22-10-9-15-36(50)44(21-19-43-35(49)16-17-37(51)52)20-18-38(53)55-23-33-31-13-7-5-11-29(31)30-12-6-8-14-32(30)33/h5-8,11-14,33-34,39-42H,9-10,15-24H2,1-4H3,(H,43,49)(H,51,52)/t34-,39-,40+,41-,42+/m1/s1. The average Bonchev–Trinajstić information content (AvgIpc) is 3.51. The van der Waals surface area contributed by atoms with Gasteiger partial charge in [-0.2, -0.15) is 0 Å². The lowest BCUT2D eigenvalue weighted by Crippen LogP contribution is -2.61. The van der Waals surface area contributed by atoms with Crippen molar-refractivity contribution in [2.24, 2.45) is 0 Å². The molecule has 5 atom stereocenters. The zero-order valence-corrected chi connectivity index (χ0v) is 34.9. The Bertz CT molecular complexity index is 1830. The normalized spacial score (nSPS) is 19.2. The van der Waals surface area contributed by atoms with Crippen LogP contribution in [0, 0.1) is 0 Å². The molecule has 0 unspecified atom stereocenters. The maximum Gasteiger partial charge on any atom is 0.307 e. The molecule has 0 aromatic heterocycles. The van der Waals surface area contributed by atoms with Crippen LogP contribution in [-0.4, -0.2) is 126 Å². The summed E-state index contributed by atoms with van der Waals surface area (Å²) in [4.78, 5) is 99.1. The molecule has 0 bridgehead atoms. The minimum absolute atomic E-state index is 0.0139. The maximum absolute atomic E-state index is 13.5. The van der Waals surface area contributed by atoms with Gasteiger partial charge in [0, 0.05) is 66.1 Å². The van der Waals surface area contributed by atoms with Gasteiger partial charge in [0.15, 0.2) is 18.3 Å². The first-order chi connectivity index (χ1) is 28.6. The molecule has 1 heterocycles. The van der Waals surface area contributed by atoms with Gasteiger partial charge in [0.1, 0.15) is 24.8 Å². The van der Waals surface area contributed by atoms with E-state index < -0.39 is 71.6 Å². The number of ether oxygens (including phenoxy) is 6. The lowest BCUT2D eigenvalue weighted by molar-refractivity contribution is -0.237. The van der Waals surface area contributed by atoms with E-state index in [0.29, 0.717) is 18.6 Å². The fraction of sp³-hybridized carbons (Fsp3) is 0.524. The Morgan fingerprint density at radius 3 is 1.88 bits per heavy atom. The zero-order valence-electron chi connectivity index (χ0n) is 34.1. The van der Waals surface area contributed by atoms with Gasteiger partial charge in [-0.1, -0.05) is 48.5 Å². The van der Waals surface area contributed by atoms with Crippen molar-refractivity contribution in [1.29, 1.82) is 0 Å². The van der Waals surface area contributed by atoms with E-state index in [2.05, 4.69) is 5.32 Å². The Kier molecular flexibility index (Phi) is 18.4. The van der Waals surface area contributed by atoms with Gasteiger partial charge >= 0.3 is 35.8 Å². The third-order valence-corrected chi connectivity index (χ3v) is 10.8. The van der Waals surface area contributed by atoms with E-state index in [1.165, 1.54) is 23.6 Å². The molecule has 60 heavy (non-hydrogen) atoms.